The van der Waals surface area contributed by atoms with Gasteiger partial charge in [0.25, 0.3) is 0 Å². The lowest BCUT2D eigenvalue weighted by Gasteiger charge is -2.31. The van der Waals surface area contributed by atoms with Crippen LogP contribution < -0.4 is 15.8 Å². The zero-order valence-corrected chi connectivity index (χ0v) is 12.4. The van der Waals surface area contributed by atoms with Crippen LogP contribution in [-0.4, -0.2) is 19.2 Å². The average molecular weight is 288 g/mol. The summed E-state index contributed by atoms with van der Waals surface area (Å²) in [4.78, 5) is 0. The number of para-hydroxylation sites is 2. The van der Waals surface area contributed by atoms with Crippen LogP contribution in [0, 0.1) is 5.82 Å². The maximum absolute atomic E-state index is 13.0. The van der Waals surface area contributed by atoms with Gasteiger partial charge in [0, 0.05) is 6.54 Å². The number of nitrogens with two attached hydrogens (primary N) is 1. The number of ether oxygens (including phenoxy) is 1. The number of halogens is 1. The summed E-state index contributed by atoms with van der Waals surface area (Å²) >= 11 is 0. The van der Waals surface area contributed by atoms with Crippen molar-refractivity contribution in [3.05, 3.63) is 59.9 Å². The first-order valence-electron chi connectivity index (χ1n) is 6.92. The van der Waals surface area contributed by atoms with Crippen molar-refractivity contribution in [2.24, 2.45) is 5.73 Å². The second kappa shape index (κ2) is 6.59. The van der Waals surface area contributed by atoms with E-state index in [2.05, 4.69) is 5.32 Å². The summed E-state index contributed by atoms with van der Waals surface area (Å²) in [6, 6.07) is 14.2. The summed E-state index contributed by atoms with van der Waals surface area (Å²) < 4.78 is 18.3. The van der Waals surface area contributed by atoms with E-state index in [9.17, 15) is 4.39 Å². The Labute approximate surface area is 124 Å². The van der Waals surface area contributed by atoms with Crippen LogP contribution in [0.1, 0.15) is 12.5 Å². The first-order valence-corrected chi connectivity index (χ1v) is 6.92. The minimum atomic E-state index is -0.341. The van der Waals surface area contributed by atoms with E-state index in [0.29, 0.717) is 13.0 Å². The van der Waals surface area contributed by atoms with Crippen molar-refractivity contribution in [1.29, 1.82) is 0 Å². The molecule has 3 N–H and O–H groups in total. The van der Waals surface area contributed by atoms with Crippen molar-refractivity contribution in [2.75, 3.05) is 19.0 Å². The van der Waals surface area contributed by atoms with E-state index in [4.69, 9.17) is 10.5 Å². The summed E-state index contributed by atoms with van der Waals surface area (Å²) in [5.41, 5.74) is 7.54. The van der Waals surface area contributed by atoms with Crippen molar-refractivity contribution in [3.63, 3.8) is 0 Å². The largest absolute Gasteiger partial charge is 0.495 e. The van der Waals surface area contributed by atoms with E-state index in [-0.39, 0.29) is 11.4 Å². The van der Waals surface area contributed by atoms with Gasteiger partial charge in [-0.05, 0) is 43.2 Å². The standard InChI is InChI=1S/C17H21FN2O/c1-17(12-19,11-13-7-9-14(18)10-8-13)20-15-5-3-4-6-16(15)21-2/h3-10,20H,11-12,19H2,1-2H3. The molecule has 0 bridgehead atoms. The molecule has 0 saturated carbocycles. The Hall–Kier alpha value is -2.07. The fourth-order valence-electron chi connectivity index (χ4n) is 2.29. The molecule has 0 fully saturated rings. The number of hydrogen-bond acceptors (Lipinski definition) is 3. The zero-order valence-electron chi connectivity index (χ0n) is 12.4. The Kier molecular flexibility index (Phi) is 4.81. The summed E-state index contributed by atoms with van der Waals surface area (Å²) in [5, 5.41) is 3.44. The number of methoxy groups -OCH3 is 1. The SMILES string of the molecule is COc1ccccc1NC(C)(CN)Cc1ccc(F)cc1. The lowest BCUT2D eigenvalue weighted by molar-refractivity contribution is 0.413. The van der Waals surface area contributed by atoms with Crippen LogP contribution in [0.4, 0.5) is 10.1 Å². The van der Waals surface area contributed by atoms with Crippen molar-refractivity contribution in [2.45, 2.75) is 18.9 Å². The zero-order chi connectivity index (χ0) is 15.3. The van der Waals surface area contributed by atoms with Crippen LogP contribution in [-0.2, 0) is 6.42 Å². The Morgan fingerprint density at radius 3 is 2.43 bits per heavy atom. The van der Waals surface area contributed by atoms with E-state index in [1.165, 1.54) is 12.1 Å². The lowest BCUT2D eigenvalue weighted by atomic mass is 9.92. The van der Waals surface area contributed by atoms with Gasteiger partial charge in [0.15, 0.2) is 0 Å². The lowest BCUT2D eigenvalue weighted by Crippen LogP contribution is -2.44. The number of nitrogens with one attached hydrogen (secondary N) is 1. The topological polar surface area (TPSA) is 47.3 Å². The highest BCUT2D eigenvalue weighted by Crippen LogP contribution is 2.27. The van der Waals surface area contributed by atoms with Gasteiger partial charge in [-0.25, -0.2) is 4.39 Å². The van der Waals surface area contributed by atoms with E-state index < -0.39 is 0 Å². The Morgan fingerprint density at radius 1 is 1.14 bits per heavy atom. The number of anilines is 1. The van der Waals surface area contributed by atoms with Crippen molar-refractivity contribution in [3.8, 4) is 5.75 Å². The molecule has 112 valence electrons. The summed E-state index contributed by atoms with van der Waals surface area (Å²) in [5.74, 6) is 0.544. The van der Waals surface area contributed by atoms with Gasteiger partial charge in [-0.15, -0.1) is 0 Å². The molecule has 0 aliphatic carbocycles. The van der Waals surface area contributed by atoms with Gasteiger partial charge in [-0.1, -0.05) is 24.3 Å². The van der Waals surface area contributed by atoms with Crippen LogP contribution in [0.15, 0.2) is 48.5 Å². The third kappa shape index (κ3) is 3.95. The number of benzene rings is 2. The molecule has 0 radical (unpaired) electrons. The molecule has 2 aromatic carbocycles. The monoisotopic (exact) mass is 288 g/mol. The van der Waals surface area contributed by atoms with E-state index >= 15 is 0 Å². The highest BCUT2D eigenvalue weighted by Gasteiger charge is 2.24. The van der Waals surface area contributed by atoms with Gasteiger partial charge < -0.3 is 15.8 Å². The van der Waals surface area contributed by atoms with Crippen LogP contribution in [0.2, 0.25) is 0 Å². The minimum absolute atomic E-state index is 0.231. The van der Waals surface area contributed by atoms with E-state index in [1.54, 1.807) is 19.2 Å². The summed E-state index contributed by atoms with van der Waals surface area (Å²) in [6.07, 6.45) is 0.696. The smallest absolute Gasteiger partial charge is 0.141 e. The molecule has 4 heteroatoms. The summed E-state index contributed by atoms with van der Waals surface area (Å²) in [6.45, 7) is 2.49. The van der Waals surface area contributed by atoms with Crippen LogP contribution in [0.3, 0.4) is 0 Å². The number of rotatable bonds is 6. The van der Waals surface area contributed by atoms with Crippen LogP contribution >= 0.6 is 0 Å². The molecule has 1 unspecified atom stereocenters. The Balaban J connectivity index is 2.18. The van der Waals surface area contributed by atoms with Crippen LogP contribution in [0.25, 0.3) is 0 Å². The fraction of sp³-hybridized carbons (Fsp3) is 0.294. The molecule has 1 atom stereocenters. The molecule has 0 aromatic heterocycles. The van der Waals surface area contributed by atoms with E-state index in [0.717, 1.165) is 17.0 Å². The second-order valence-corrected chi connectivity index (χ2v) is 5.39. The van der Waals surface area contributed by atoms with Gasteiger partial charge >= 0.3 is 0 Å². The molecular weight excluding hydrogens is 267 g/mol. The molecular formula is C17H21FN2O. The average Bonchev–Trinajstić information content (AvgIpc) is 2.50. The van der Waals surface area contributed by atoms with Crippen molar-refractivity contribution in [1.82, 2.24) is 0 Å². The molecule has 2 aromatic rings. The molecule has 0 spiro atoms. The highest BCUT2D eigenvalue weighted by molar-refractivity contribution is 5.57. The van der Waals surface area contributed by atoms with Gasteiger partial charge in [0.1, 0.15) is 11.6 Å². The quantitative estimate of drug-likeness (QED) is 0.858. The maximum Gasteiger partial charge on any atom is 0.141 e. The van der Waals surface area contributed by atoms with Crippen molar-refractivity contribution >= 4 is 5.69 Å². The highest BCUT2D eigenvalue weighted by atomic mass is 19.1. The molecule has 2 rings (SSSR count). The fourth-order valence-corrected chi connectivity index (χ4v) is 2.29. The molecule has 0 aliphatic rings. The first-order chi connectivity index (χ1) is 10.1. The molecule has 0 aliphatic heterocycles. The molecule has 21 heavy (non-hydrogen) atoms. The van der Waals surface area contributed by atoms with E-state index in [1.807, 2.05) is 31.2 Å². The molecule has 0 saturated heterocycles. The molecule has 3 nitrogen and oxygen atoms in total. The second-order valence-electron chi connectivity index (χ2n) is 5.39. The third-order valence-electron chi connectivity index (χ3n) is 3.50. The van der Waals surface area contributed by atoms with Gasteiger partial charge in [-0.3, -0.25) is 0 Å². The number of hydrogen-bond donors (Lipinski definition) is 2. The first kappa shape index (κ1) is 15.3. The maximum atomic E-state index is 13.0. The van der Waals surface area contributed by atoms with Gasteiger partial charge in [0.05, 0.1) is 18.3 Å². The molecule has 0 amide bonds. The third-order valence-corrected chi connectivity index (χ3v) is 3.50. The van der Waals surface area contributed by atoms with Gasteiger partial charge in [-0.2, -0.15) is 0 Å². The Morgan fingerprint density at radius 2 is 1.81 bits per heavy atom. The predicted molar refractivity (Wildman–Crippen MR) is 84.2 cm³/mol. The molecule has 0 heterocycles. The van der Waals surface area contributed by atoms with Crippen LogP contribution in [0.5, 0.6) is 5.75 Å². The summed E-state index contributed by atoms with van der Waals surface area (Å²) in [7, 11) is 1.64. The Bertz CT molecular complexity index is 586. The van der Waals surface area contributed by atoms with Gasteiger partial charge in [0.2, 0.25) is 0 Å². The normalized spacial score (nSPS) is 13.5. The van der Waals surface area contributed by atoms with Crippen molar-refractivity contribution < 1.29 is 9.13 Å². The minimum Gasteiger partial charge on any atom is -0.495 e. The predicted octanol–water partition coefficient (Wildman–Crippen LogP) is 3.21.